The van der Waals surface area contributed by atoms with E-state index in [1.54, 1.807) is 0 Å². The first kappa shape index (κ1) is 9.58. The van der Waals surface area contributed by atoms with Gasteiger partial charge in [0.05, 0.1) is 5.75 Å². The molecule has 0 unspecified atom stereocenters. The number of aliphatic imine (C=N–C) groups is 1. The highest BCUT2D eigenvalue weighted by Crippen LogP contribution is 2.16. The largest absolute Gasteiger partial charge is 0.354 e. The van der Waals surface area contributed by atoms with E-state index in [1.807, 2.05) is 11.9 Å². The Labute approximate surface area is 77.2 Å². The van der Waals surface area contributed by atoms with Crippen LogP contribution in [0.5, 0.6) is 0 Å². The van der Waals surface area contributed by atoms with Crippen molar-refractivity contribution in [2.45, 2.75) is 13.8 Å². The number of amidine groups is 1. The van der Waals surface area contributed by atoms with Crippen molar-refractivity contribution in [3.63, 3.8) is 0 Å². The van der Waals surface area contributed by atoms with E-state index in [0.29, 0.717) is 11.7 Å². The van der Waals surface area contributed by atoms with Gasteiger partial charge < -0.3 is 4.90 Å². The standard InChI is InChI=1S/C8H14N2OS/c1-6(2)4-10(3)8-9-7(11)5-12-8/h6H,4-5H2,1-3H3. The summed E-state index contributed by atoms with van der Waals surface area (Å²) < 4.78 is 0. The Morgan fingerprint density at radius 3 is 2.75 bits per heavy atom. The van der Waals surface area contributed by atoms with Gasteiger partial charge in [0.2, 0.25) is 0 Å². The van der Waals surface area contributed by atoms with Gasteiger partial charge in [-0.25, -0.2) is 0 Å². The highest BCUT2D eigenvalue weighted by atomic mass is 32.2. The van der Waals surface area contributed by atoms with Crippen molar-refractivity contribution in [2.75, 3.05) is 19.3 Å². The lowest BCUT2D eigenvalue weighted by Crippen LogP contribution is -2.27. The molecule has 1 heterocycles. The third-order valence-corrected chi connectivity index (χ3v) is 2.56. The maximum atomic E-state index is 10.8. The second-order valence-corrected chi connectivity index (χ2v) is 4.29. The van der Waals surface area contributed by atoms with Gasteiger partial charge in [-0.1, -0.05) is 25.6 Å². The summed E-state index contributed by atoms with van der Waals surface area (Å²) in [5.41, 5.74) is 0. The van der Waals surface area contributed by atoms with Crippen LogP contribution < -0.4 is 0 Å². The van der Waals surface area contributed by atoms with Gasteiger partial charge in [0.15, 0.2) is 5.17 Å². The van der Waals surface area contributed by atoms with E-state index in [4.69, 9.17) is 0 Å². The predicted molar refractivity (Wildman–Crippen MR) is 52.4 cm³/mol. The minimum atomic E-state index is -0.00870. The third kappa shape index (κ3) is 2.52. The number of hydrogen-bond donors (Lipinski definition) is 0. The van der Waals surface area contributed by atoms with Crippen LogP contribution >= 0.6 is 11.8 Å². The molecule has 3 nitrogen and oxygen atoms in total. The number of amides is 1. The first-order chi connectivity index (χ1) is 5.59. The van der Waals surface area contributed by atoms with Crippen LogP contribution in [0.1, 0.15) is 13.8 Å². The van der Waals surface area contributed by atoms with Gasteiger partial charge in [-0.15, -0.1) is 0 Å². The summed E-state index contributed by atoms with van der Waals surface area (Å²) in [6.45, 7) is 5.26. The molecule has 12 heavy (non-hydrogen) atoms. The van der Waals surface area contributed by atoms with E-state index in [9.17, 15) is 4.79 Å². The van der Waals surface area contributed by atoms with E-state index in [2.05, 4.69) is 18.8 Å². The minimum absolute atomic E-state index is 0.00870. The van der Waals surface area contributed by atoms with Gasteiger partial charge >= 0.3 is 0 Å². The first-order valence-corrected chi connectivity index (χ1v) is 5.03. The molecule has 0 aliphatic carbocycles. The molecule has 0 aromatic heterocycles. The molecule has 0 saturated heterocycles. The van der Waals surface area contributed by atoms with Gasteiger partial charge in [0, 0.05) is 13.6 Å². The van der Waals surface area contributed by atoms with Crippen LogP contribution in [0.4, 0.5) is 0 Å². The lowest BCUT2D eigenvalue weighted by molar-refractivity contribution is -0.115. The van der Waals surface area contributed by atoms with Crippen LogP contribution in [0.2, 0.25) is 0 Å². The summed E-state index contributed by atoms with van der Waals surface area (Å²) in [6, 6.07) is 0. The molecule has 0 N–H and O–H groups in total. The molecule has 4 heteroatoms. The third-order valence-electron chi connectivity index (χ3n) is 1.51. The van der Waals surface area contributed by atoms with Crippen LogP contribution in [-0.2, 0) is 4.79 Å². The summed E-state index contributed by atoms with van der Waals surface area (Å²) in [7, 11) is 1.98. The van der Waals surface area contributed by atoms with Gasteiger partial charge in [0.25, 0.3) is 5.91 Å². The van der Waals surface area contributed by atoms with Gasteiger partial charge in [-0.05, 0) is 5.92 Å². The Balaban J connectivity index is 2.47. The monoisotopic (exact) mass is 186 g/mol. The van der Waals surface area contributed by atoms with Crippen molar-refractivity contribution in [3.8, 4) is 0 Å². The van der Waals surface area contributed by atoms with E-state index >= 15 is 0 Å². The Hall–Kier alpha value is -0.510. The molecule has 0 atom stereocenters. The average molecular weight is 186 g/mol. The molecule has 1 rings (SSSR count). The van der Waals surface area contributed by atoms with Crippen LogP contribution in [0.15, 0.2) is 4.99 Å². The van der Waals surface area contributed by atoms with E-state index in [0.717, 1.165) is 11.7 Å². The van der Waals surface area contributed by atoms with Crippen LogP contribution in [-0.4, -0.2) is 35.3 Å². The molecule has 68 valence electrons. The fourth-order valence-electron chi connectivity index (χ4n) is 1.12. The molecule has 0 aromatic carbocycles. The predicted octanol–water partition coefficient (Wildman–Crippen LogP) is 1.20. The molecule has 0 spiro atoms. The molecule has 0 aromatic rings. The number of hydrogen-bond acceptors (Lipinski definition) is 3. The van der Waals surface area contributed by atoms with Crippen molar-refractivity contribution in [3.05, 3.63) is 0 Å². The molecule has 1 aliphatic heterocycles. The van der Waals surface area contributed by atoms with Crippen molar-refractivity contribution in [1.29, 1.82) is 0 Å². The maximum Gasteiger partial charge on any atom is 0.258 e. The average Bonchev–Trinajstić information content (AvgIpc) is 2.34. The number of carbonyl (C=O) groups is 1. The number of carbonyl (C=O) groups excluding carboxylic acids is 1. The highest BCUT2D eigenvalue weighted by Gasteiger charge is 2.18. The van der Waals surface area contributed by atoms with Gasteiger partial charge in [-0.3, -0.25) is 4.79 Å². The number of thioether (sulfide) groups is 1. The van der Waals surface area contributed by atoms with Gasteiger partial charge in [0.1, 0.15) is 0 Å². The smallest absolute Gasteiger partial charge is 0.258 e. The Morgan fingerprint density at radius 2 is 2.33 bits per heavy atom. The van der Waals surface area contributed by atoms with E-state index < -0.39 is 0 Å². The van der Waals surface area contributed by atoms with Crippen molar-refractivity contribution in [2.24, 2.45) is 10.9 Å². The lowest BCUT2D eigenvalue weighted by Gasteiger charge is -2.19. The fourth-order valence-corrected chi connectivity index (χ4v) is 1.90. The zero-order chi connectivity index (χ0) is 9.14. The summed E-state index contributed by atoms with van der Waals surface area (Å²) in [5, 5.41) is 0.869. The normalized spacial score (nSPS) is 17.0. The molecule has 1 aliphatic rings. The Bertz CT molecular complexity index is 213. The highest BCUT2D eigenvalue weighted by molar-refractivity contribution is 8.14. The van der Waals surface area contributed by atoms with Crippen LogP contribution in [0.25, 0.3) is 0 Å². The summed E-state index contributed by atoms with van der Waals surface area (Å²) in [6.07, 6.45) is 0. The minimum Gasteiger partial charge on any atom is -0.354 e. The van der Waals surface area contributed by atoms with E-state index in [1.165, 1.54) is 11.8 Å². The molecule has 1 amide bonds. The zero-order valence-corrected chi connectivity index (χ0v) is 8.52. The van der Waals surface area contributed by atoms with Crippen molar-refractivity contribution < 1.29 is 4.79 Å². The number of nitrogens with zero attached hydrogens (tertiary/aromatic N) is 2. The second kappa shape index (κ2) is 3.94. The van der Waals surface area contributed by atoms with Crippen LogP contribution in [0, 0.1) is 5.92 Å². The molecular weight excluding hydrogens is 172 g/mol. The van der Waals surface area contributed by atoms with Crippen molar-refractivity contribution in [1.82, 2.24) is 4.90 Å². The Kier molecular flexibility index (Phi) is 3.14. The second-order valence-electron chi connectivity index (χ2n) is 3.35. The topological polar surface area (TPSA) is 32.7 Å². The Morgan fingerprint density at radius 1 is 1.67 bits per heavy atom. The van der Waals surface area contributed by atoms with Crippen molar-refractivity contribution >= 4 is 22.8 Å². The lowest BCUT2D eigenvalue weighted by atomic mass is 10.2. The molecule has 0 radical (unpaired) electrons. The molecule has 0 bridgehead atoms. The van der Waals surface area contributed by atoms with E-state index in [-0.39, 0.29) is 5.91 Å². The molecule has 0 saturated carbocycles. The molecule has 0 fully saturated rings. The number of rotatable bonds is 2. The first-order valence-electron chi connectivity index (χ1n) is 4.05. The fraction of sp³-hybridized carbons (Fsp3) is 0.750. The summed E-state index contributed by atoms with van der Waals surface area (Å²) >= 11 is 1.53. The quantitative estimate of drug-likeness (QED) is 0.649. The molecular formula is C8H14N2OS. The maximum absolute atomic E-state index is 10.8. The summed E-state index contributed by atoms with van der Waals surface area (Å²) in [5.74, 6) is 1.11. The van der Waals surface area contributed by atoms with Crippen LogP contribution in [0.3, 0.4) is 0 Å². The summed E-state index contributed by atoms with van der Waals surface area (Å²) in [4.78, 5) is 16.8. The SMILES string of the molecule is CC(C)CN(C)C1=NC(=O)CS1. The zero-order valence-electron chi connectivity index (χ0n) is 7.70. The van der Waals surface area contributed by atoms with Gasteiger partial charge in [-0.2, -0.15) is 4.99 Å².